The Bertz CT molecular complexity index is 747. The molecule has 1 N–H and O–H groups in total. The van der Waals surface area contributed by atoms with E-state index in [1.165, 1.54) is 0 Å². The molecule has 3 rings (SSSR count). The van der Waals surface area contributed by atoms with Crippen LogP contribution in [0.4, 0.5) is 0 Å². The molecule has 0 bridgehead atoms. The first-order valence-corrected chi connectivity index (χ1v) is 9.40. The lowest BCUT2D eigenvalue weighted by atomic mass is 9.79. The van der Waals surface area contributed by atoms with Gasteiger partial charge in [-0.05, 0) is 39.9 Å². The van der Waals surface area contributed by atoms with Crippen LogP contribution in [0.1, 0.15) is 25.0 Å². The Morgan fingerprint density at radius 2 is 2.04 bits per heavy atom. The van der Waals surface area contributed by atoms with E-state index in [-0.39, 0.29) is 11.3 Å². The van der Waals surface area contributed by atoms with Crippen LogP contribution < -0.4 is 5.32 Å². The fourth-order valence-corrected chi connectivity index (χ4v) is 3.91. The fourth-order valence-electron chi connectivity index (χ4n) is 3.91. The van der Waals surface area contributed by atoms with Crippen molar-refractivity contribution in [3.8, 4) is 0 Å². The van der Waals surface area contributed by atoms with E-state index in [9.17, 15) is 4.79 Å². The average Bonchev–Trinajstić information content (AvgIpc) is 2.95. The molecule has 0 unspecified atom stereocenters. The van der Waals surface area contributed by atoms with Crippen molar-refractivity contribution >= 4 is 16.8 Å². The minimum Gasteiger partial charge on any atom is -0.381 e. The predicted octanol–water partition coefficient (Wildman–Crippen LogP) is 2.21. The van der Waals surface area contributed by atoms with Gasteiger partial charge < -0.3 is 15.0 Å². The smallest absolute Gasteiger partial charge is 0.221 e. The van der Waals surface area contributed by atoms with Gasteiger partial charge in [-0.1, -0.05) is 18.2 Å². The third-order valence-electron chi connectivity index (χ3n) is 5.26. The minimum atomic E-state index is 0.0897. The quantitative estimate of drug-likeness (QED) is 0.824. The van der Waals surface area contributed by atoms with Gasteiger partial charge in [0.15, 0.2) is 0 Å². The number of carbonyl (C=O) groups is 1. The first kappa shape index (κ1) is 18.9. The van der Waals surface area contributed by atoms with Gasteiger partial charge in [0.05, 0.1) is 17.8 Å². The Hall–Kier alpha value is -1.92. The number of hydrogen-bond donors (Lipinski definition) is 1. The van der Waals surface area contributed by atoms with E-state index in [4.69, 9.17) is 4.74 Å². The van der Waals surface area contributed by atoms with E-state index in [0.29, 0.717) is 19.5 Å². The van der Waals surface area contributed by atoms with Crippen LogP contribution in [0, 0.1) is 12.3 Å². The summed E-state index contributed by atoms with van der Waals surface area (Å²) in [5.74, 6) is 0.0897. The maximum absolute atomic E-state index is 12.4. The Kier molecular flexibility index (Phi) is 5.94. The van der Waals surface area contributed by atoms with Crippen LogP contribution in [0.15, 0.2) is 24.3 Å². The van der Waals surface area contributed by atoms with Crippen LogP contribution in [0.5, 0.6) is 0 Å². The molecule has 2 heterocycles. The van der Waals surface area contributed by atoms with Crippen LogP contribution in [0.25, 0.3) is 10.9 Å². The van der Waals surface area contributed by atoms with Crippen molar-refractivity contribution in [1.82, 2.24) is 20.0 Å². The molecule has 26 heavy (non-hydrogen) atoms. The van der Waals surface area contributed by atoms with Crippen molar-refractivity contribution in [2.75, 3.05) is 40.4 Å². The van der Waals surface area contributed by atoms with E-state index >= 15 is 0 Å². The van der Waals surface area contributed by atoms with E-state index in [1.807, 2.05) is 23.7 Å². The van der Waals surface area contributed by atoms with Crippen LogP contribution in [0.2, 0.25) is 0 Å². The van der Waals surface area contributed by atoms with Crippen LogP contribution in [0.3, 0.4) is 0 Å². The normalized spacial score (nSPS) is 16.9. The number of aryl methyl sites for hydroxylation is 2. The van der Waals surface area contributed by atoms with Gasteiger partial charge in [0.1, 0.15) is 0 Å². The molecule has 1 saturated heterocycles. The molecule has 1 amide bonds. The summed E-state index contributed by atoms with van der Waals surface area (Å²) in [6.07, 6.45) is 2.43. The molecular formula is C20H30N4O2. The molecule has 0 spiro atoms. The zero-order valence-electron chi connectivity index (χ0n) is 16.1. The van der Waals surface area contributed by atoms with E-state index in [2.05, 4.69) is 41.5 Å². The molecule has 6 nitrogen and oxygen atoms in total. The molecule has 0 aliphatic carbocycles. The van der Waals surface area contributed by atoms with Gasteiger partial charge in [0, 0.05) is 43.5 Å². The second-order valence-corrected chi connectivity index (χ2v) is 7.70. The molecule has 1 aromatic carbocycles. The van der Waals surface area contributed by atoms with Crippen molar-refractivity contribution < 1.29 is 9.53 Å². The number of para-hydroxylation sites is 1. The highest BCUT2D eigenvalue weighted by Crippen LogP contribution is 2.30. The zero-order valence-corrected chi connectivity index (χ0v) is 16.1. The summed E-state index contributed by atoms with van der Waals surface area (Å²) in [5.41, 5.74) is 2.21. The lowest BCUT2D eigenvalue weighted by molar-refractivity contribution is -0.122. The highest BCUT2D eigenvalue weighted by Gasteiger charge is 2.33. The summed E-state index contributed by atoms with van der Waals surface area (Å²) in [6.45, 7) is 5.86. The van der Waals surface area contributed by atoms with Crippen molar-refractivity contribution in [3.05, 3.63) is 30.0 Å². The minimum absolute atomic E-state index is 0.0897. The van der Waals surface area contributed by atoms with Crippen molar-refractivity contribution in [2.24, 2.45) is 5.41 Å². The highest BCUT2D eigenvalue weighted by atomic mass is 16.5. The van der Waals surface area contributed by atoms with Crippen LogP contribution in [-0.2, 0) is 16.1 Å². The topological polar surface area (TPSA) is 59.4 Å². The Balaban J connectivity index is 1.56. The molecule has 1 aliphatic heterocycles. The SMILES string of the molecule is Cc1nn(CCC(=O)NCC2(CN(C)C)CCOCC2)c2ccccc12. The number of benzene rings is 1. The Morgan fingerprint density at radius 1 is 1.31 bits per heavy atom. The second kappa shape index (κ2) is 8.18. The zero-order chi connectivity index (χ0) is 18.6. The summed E-state index contributed by atoms with van der Waals surface area (Å²) in [6, 6.07) is 8.16. The molecule has 0 radical (unpaired) electrons. The molecule has 6 heteroatoms. The van der Waals surface area contributed by atoms with Gasteiger partial charge in [0.2, 0.25) is 5.91 Å². The first-order valence-electron chi connectivity index (χ1n) is 9.40. The number of nitrogens with one attached hydrogen (secondary N) is 1. The maximum atomic E-state index is 12.4. The Morgan fingerprint density at radius 3 is 2.77 bits per heavy atom. The van der Waals surface area contributed by atoms with Gasteiger partial charge >= 0.3 is 0 Å². The summed E-state index contributed by atoms with van der Waals surface area (Å²) in [4.78, 5) is 14.6. The van der Waals surface area contributed by atoms with Gasteiger partial charge in [-0.15, -0.1) is 0 Å². The average molecular weight is 358 g/mol. The molecule has 0 saturated carbocycles. The second-order valence-electron chi connectivity index (χ2n) is 7.70. The molecule has 1 fully saturated rings. The first-order chi connectivity index (χ1) is 12.5. The summed E-state index contributed by atoms with van der Waals surface area (Å²) in [7, 11) is 4.17. The van der Waals surface area contributed by atoms with Crippen molar-refractivity contribution in [3.63, 3.8) is 0 Å². The molecule has 0 atom stereocenters. The van der Waals surface area contributed by atoms with Crippen molar-refractivity contribution in [1.29, 1.82) is 0 Å². The third-order valence-corrected chi connectivity index (χ3v) is 5.26. The fraction of sp³-hybridized carbons (Fsp3) is 0.600. The summed E-state index contributed by atoms with van der Waals surface area (Å²) < 4.78 is 7.46. The standard InChI is InChI=1S/C20H30N4O2/c1-16-17-6-4-5-7-18(17)24(22-16)11-8-19(25)21-14-20(15-23(2)3)9-12-26-13-10-20/h4-7H,8-15H2,1-3H3,(H,21,25). The number of amides is 1. The number of ether oxygens (including phenoxy) is 1. The summed E-state index contributed by atoms with van der Waals surface area (Å²) >= 11 is 0. The molecule has 142 valence electrons. The van der Waals surface area contributed by atoms with E-state index in [1.54, 1.807) is 0 Å². The molecular weight excluding hydrogens is 328 g/mol. The largest absolute Gasteiger partial charge is 0.381 e. The number of rotatable bonds is 7. The lowest BCUT2D eigenvalue weighted by Crippen LogP contribution is -2.47. The highest BCUT2D eigenvalue weighted by molar-refractivity contribution is 5.82. The summed E-state index contributed by atoms with van der Waals surface area (Å²) in [5, 5.41) is 8.89. The Labute approximate surface area is 155 Å². The van der Waals surface area contributed by atoms with Crippen LogP contribution in [-0.4, -0.2) is 61.0 Å². The van der Waals surface area contributed by atoms with Gasteiger partial charge in [-0.2, -0.15) is 5.10 Å². The number of carbonyl (C=O) groups excluding carboxylic acids is 1. The van der Waals surface area contributed by atoms with Gasteiger partial charge in [0.25, 0.3) is 0 Å². The number of aromatic nitrogens is 2. The lowest BCUT2D eigenvalue weighted by Gasteiger charge is -2.39. The maximum Gasteiger partial charge on any atom is 0.221 e. The van der Waals surface area contributed by atoms with Gasteiger partial charge in [-0.25, -0.2) is 0 Å². The molecule has 2 aromatic rings. The number of fused-ring (bicyclic) bond motifs is 1. The van der Waals surface area contributed by atoms with E-state index in [0.717, 1.165) is 49.2 Å². The third kappa shape index (κ3) is 4.43. The number of nitrogens with zero attached hydrogens (tertiary/aromatic N) is 3. The molecule has 1 aliphatic rings. The van der Waals surface area contributed by atoms with Crippen molar-refractivity contribution in [2.45, 2.75) is 32.7 Å². The van der Waals surface area contributed by atoms with Crippen LogP contribution >= 0.6 is 0 Å². The van der Waals surface area contributed by atoms with Gasteiger partial charge in [-0.3, -0.25) is 9.48 Å². The monoisotopic (exact) mass is 358 g/mol. The predicted molar refractivity (Wildman–Crippen MR) is 103 cm³/mol. The number of hydrogen-bond acceptors (Lipinski definition) is 4. The van der Waals surface area contributed by atoms with E-state index < -0.39 is 0 Å². The molecule has 1 aromatic heterocycles.